The van der Waals surface area contributed by atoms with Gasteiger partial charge in [-0.15, -0.1) is 0 Å². The molecule has 1 unspecified atom stereocenters. The number of aryl methyl sites for hydroxylation is 1. The molecule has 0 aromatic heterocycles. The Morgan fingerprint density at radius 3 is 2.27 bits per heavy atom. The quantitative estimate of drug-likeness (QED) is 0.666. The Hall–Kier alpha value is -1.93. The molecule has 1 aromatic rings. The van der Waals surface area contributed by atoms with Crippen molar-refractivity contribution in [3.05, 3.63) is 29.8 Å². The summed E-state index contributed by atoms with van der Waals surface area (Å²) in [6.07, 6.45) is 1.53. The van der Waals surface area contributed by atoms with E-state index in [1.807, 2.05) is 0 Å². The number of ether oxygens (including phenoxy) is 1. The molecule has 7 nitrogen and oxygen atoms in total. The Morgan fingerprint density at radius 1 is 1.15 bits per heavy atom. The van der Waals surface area contributed by atoms with Gasteiger partial charge in [-0.3, -0.25) is 9.59 Å². The summed E-state index contributed by atoms with van der Waals surface area (Å²) in [5, 5.41) is 0. The number of likely N-dealkylation sites (N-methyl/N-ethyl adjacent to an activating group) is 1. The van der Waals surface area contributed by atoms with Gasteiger partial charge in [-0.1, -0.05) is 12.1 Å². The van der Waals surface area contributed by atoms with Crippen LogP contribution < -0.4 is 0 Å². The Bertz CT molecular complexity index is 737. The number of rotatable bonds is 7. The zero-order chi connectivity index (χ0) is 19.3. The Morgan fingerprint density at radius 2 is 1.73 bits per heavy atom. The molecular formula is C18H26N2O5S. The highest BCUT2D eigenvalue weighted by atomic mass is 32.2. The van der Waals surface area contributed by atoms with Crippen molar-refractivity contribution in [1.82, 2.24) is 9.21 Å². The first-order chi connectivity index (χ1) is 12.2. The molecule has 1 fully saturated rings. The molecule has 1 aliphatic rings. The first-order valence-corrected chi connectivity index (χ1v) is 10.2. The van der Waals surface area contributed by atoms with Crippen molar-refractivity contribution in [3.63, 3.8) is 0 Å². The number of benzene rings is 1. The second-order valence-corrected chi connectivity index (χ2v) is 8.56. The molecular weight excluding hydrogens is 356 g/mol. The summed E-state index contributed by atoms with van der Waals surface area (Å²) in [6.45, 7) is 2.68. The maximum Gasteiger partial charge on any atom is 0.306 e. The van der Waals surface area contributed by atoms with Gasteiger partial charge in [0.1, 0.15) is 0 Å². The molecule has 26 heavy (non-hydrogen) atoms. The second kappa shape index (κ2) is 8.64. The predicted octanol–water partition coefficient (Wildman–Crippen LogP) is 1.42. The van der Waals surface area contributed by atoms with Gasteiger partial charge in [-0.05, 0) is 43.9 Å². The van der Waals surface area contributed by atoms with Crippen molar-refractivity contribution >= 4 is 21.9 Å². The van der Waals surface area contributed by atoms with Gasteiger partial charge in [0.25, 0.3) is 5.91 Å². The summed E-state index contributed by atoms with van der Waals surface area (Å²) in [4.78, 5) is 25.2. The van der Waals surface area contributed by atoms with E-state index in [9.17, 15) is 18.0 Å². The number of carbonyl (C=O) groups is 2. The molecule has 1 amide bonds. The van der Waals surface area contributed by atoms with E-state index in [0.717, 1.165) is 18.4 Å². The maximum absolute atomic E-state index is 12.5. The fourth-order valence-electron chi connectivity index (χ4n) is 2.82. The van der Waals surface area contributed by atoms with Crippen LogP contribution >= 0.6 is 0 Å². The molecule has 8 heteroatoms. The molecule has 1 aromatic carbocycles. The van der Waals surface area contributed by atoms with Crippen LogP contribution in [0.1, 0.15) is 31.7 Å². The van der Waals surface area contributed by atoms with Gasteiger partial charge >= 0.3 is 5.97 Å². The first-order valence-electron chi connectivity index (χ1n) is 8.71. The van der Waals surface area contributed by atoms with Crippen molar-refractivity contribution in [2.45, 2.75) is 43.6 Å². The van der Waals surface area contributed by atoms with Crippen LogP contribution in [0.25, 0.3) is 0 Å². The molecule has 0 bridgehead atoms. The van der Waals surface area contributed by atoms with Crippen molar-refractivity contribution in [3.8, 4) is 0 Å². The minimum absolute atomic E-state index is 0.128. The fourth-order valence-corrected chi connectivity index (χ4v) is 4.34. The van der Waals surface area contributed by atoms with Crippen molar-refractivity contribution in [2.24, 2.45) is 0 Å². The molecule has 0 N–H and O–H groups in total. The smallest absolute Gasteiger partial charge is 0.306 e. The fraction of sp³-hybridized carbons (Fsp3) is 0.556. The lowest BCUT2D eigenvalue weighted by molar-refractivity contribution is -0.157. The maximum atomic E-state index is 12.5. The number of nitrogens with zero attached hydrogens (tertiary/aromatic N) is 2. The van der Waals surface area contributed by atoms with Crippen LogP contribution in [0.3, 0.4) is 0 Å². The van der Waals surface area contributed by atoms with E-state index < -0.39 is 22.1 Å². The van der Waals surface area contributed by atoms with E-state index in [4.69, 9.17) is 4.74 Å². The minimum Gasteiger partial charge on any atom is -0.453 e. The van der Waals surface area contributed by atoms with Crippen LogP contribution in [-0.4, -0.2) is 62.8 Å². The molecule has 144 valence electrons. The zero-order valence-corrected chi connectivity index (χ0v) is 16.3. The first kappa shape index (κ1) is 20.4. The highest BCUT2D eigenvalue weighted by Crippen LogP contribution is 2.21. The van der Waals surface area contributed by atoms with Crippen LogP contribution in [0.2, 0.25) is 0 Å². The van der Waals surface area contributed by atoms with E-state index in [1.165, 1.54) is 16.1 Å². The van der Waals surface area contributed by atoms with E-state index in [1.54, 1.807) is 38.4 Å². The van der Waals surface area contributed by atoms with Gasteiger partial charge in [0.05, 0.1) is 4.90 Å². The lowest BCUT2D eigenvalue weighted by atomic mass is 10.1. The van der Waals surface area contributed by atoms with Crippen molar-refractivity contribution in [2.75, 3.05) is 27.2 Å². The van der Waals surface area contributed by atoms with Gasteiger partial charge in [0.15, 0.2) is 6.10 Å². The molecule has 0 aliphatic carbocycles. The summed E-state index contributed by atoms with van der Waals surface area (Å²) < 4.78 is 31.5. The standard InChI is InChI=1S/C18H26N2O5S/c1-14(18(22)19(2)3)25-17(21)11-8-15-6-9-16(10-7-15)26(23,24)20-12-4-5-13-20/h6-7,9-10,14H,4-5,8,11-13H2,1-3H3. The Labute approximate surface area is 155 Å². The third-order valence-electron chi connectivity index (χ3n) is 4.34. The van der Waals surface area contributed by atoms with E-state index in [2.05, 4.69) is 0 Å². The zero-order valence-electron chi connectivity index (χ0n) is 15.5. The number of hydrogen-bond donors (Lipinski definition) is 0. The Kier molecular flexibility index (Phi) is 6.77. The van der Waals surface area contributed by atoms with Gasteiger partial charge in [-0.25, -0.2) is 8.42 Å². The van der Waals surface area contributed by atoms with Crippen molar-refractivity contribution < 1.29 is 22.7 Å². The summed E-state index contributed by atoms with van der Waals surface area (Å²) in [7, 11) is -0.218. The normalized spacial score (nSPS) is 16.3. The van der Waals surface area contributed by atoms with Crippen LogP contribution in [0.4, 0.5) is 0 Å². The van der Waals surface area contributed by atoms with Gasteiger partial charge in [-0.2, -0.15) is 4.31 Å². The Balaban J connectivity index is 1.89. The minimum atomic E-state index is -3.42. The van der Waals surface area contributed by atoms with E-state index >= 15 is 0 Å². The molecule has 1 heterocycles. The largest absolute Gasteiger partial charge is 0.453 e. The molecule has 2 rings (SSSR count). The van der Waals surface area contributed by atoms with Crippen LogP contribution in [0.15, 0.2) is 29.2 Å². The molecule has 1 aliphatic heterocycles. The van der Waals surface area contributed by atoms with Crippen LogP contribution in [-0.2, 0) is 30.8 Å². The predicted molar refractivity (Wildman–Crippen MR) is 97.0 cm³/mol. The van der Waals surface area contributed by atoms with Crippen LogP contribution in [0.5, 0.6) is 0 Å². The molecule has 0 spiro atoms. The molecule has 0 radical (unpaired) electrons. The number of hydrogen-bond acceptors (Lipinski definition) is 5. The third-order valence-corrected chi connectivity index (χ3v) is 6.25. The SMILES string of the molecule is CC(OC(=O)CCc1ccc(S(=O)(=O)N2CCCC2)cc1)C(=O)N(C)C. The summed E-state index contributed by atoms with van der Waals surface area (Å²) >= 11 is 0. The summed E-state index contributed by atoms with van der Waals surface area (Å²) in [5.74, 6) is -0.726. The summed E-state index contributed by atoms with van der Waals surface area (Å²) in [6, 6.07) is 6.58. The summed E-state index contributed by atoms with van der Waals surface area (Å²) in [5.41, 5.74) is 0.842. The second-order valence-electron chi connectivity index (χ2n) is 6.62. The van der Waals surface area contributed by atoms with Gasteiger partial charge < -0.3 is 9.64 Å². The van der Waals surface area contributed by atoms with E-state index in [0.29, 0.717) is 19.5 Å². The number of amides is 1. The van der Waals surface area contributed by atoms with Gasteiger partial charge in [0, 0.05) is 33.6 Å². The topological polar surface area (TPSA) is 84.0 Å². The number of sulfonamides is 1. The third kappa shape index (κ3) is 5.04. The van der Waals surface area contributed by atoms with Crippen LogP contribution in [0, 0.1) is 0 Å². The lowest BCUT2D eigenvalue weighted by Crippen LogP contribution is -2.34. The average molecular weight is 382 g/mol. The molecule has 0 saturated carbocycles. The highest BCUT2D eigenvalue weighted by Gasteiger charge is 2.27. The monoisotopic (exact) mass is 382 g/mol. The highest BCUT2D eigenvalue weighted by molar-refractivity contribution is 7.89. The number of carbonyl (C=O) groups excluding carboxylic acids is 2. The van der Waals surface area contributed by atoms with E-state index in [-0.39, 0.29) is 17.2 Å². The molecule has 1 saturated heterocycles. The lowest BCUT2D eigenvalue weighted by Gasteiger charge is -2.17. The van der Waals surface area contributed by atoms with Crippen molar-refractivity contribution in [1.29, 1.82) is 0 Å². The number of esters is 1. The molecule has 1 atom stereocenters. The average Bonchev–Trinajstić information content (AvgIpc) is 3.15. The van der Waals surface area contributed by atoms with Gasteiger partial charge in [0.2, 0.25) is 10.0 Å².